The number of halogens is 1. The number of hydrogen-bond acceptors (Lipinski definition) is 5. The van der Waals surface area contributed by atoms with Crippen LogP contribution in [0.3, 0.4) is 0 Å². The summed E-state index contributed by atoms with van der Waals surface area (Å²) in [4.78, 5) is 4.29. The largest absolute Gasteiger partial charge is 0.493 e. The molecule has 8 heteroatoms. The van der Waals surface area contributed by atoms with Crippen LogP contribution in [0, 0.1) is 0 Å². The predicted molar refractivity (Wildman–Crippen MR) is 129 cm³/mol. The van der Waals surface area contributed by atoms with Gasteiger partial charge in [0.1, 0.15) is 0 Å². The third kappa shape index (κ3) is 6.58. The fraction of sp³-hybridized carbons (Fsp3) is 0.409. The lowest BCUT2D eigenvalue weighted by atomic mass is 10.1. The van der Waals surface area contributed by atoms with Crippen LogP contribution < -0.4 is 29.6 Å². The topological polar surface area (TPSA) is 73.3 Å². The summed E-state index contributed by atoms with van der Waals surface area (Å²) in [6, 6.07) is 12.0. The van der Waals surface area contributed by atoms with E-state index >= 15 is 0 Å². The second kappa shape index (κ2) is 12.4. The number of aliphatic imine (C=N–C) groups is 1. The Labute approximate surface area is 195 Å². The average Bonchev–Trinajstić information content (AvgIpc) is 3.22. The minimum atomic E-state index is 0. The second-order valence-electron chi connectivity index (χ2n) is 6.62. The molecule has 0 spiro atoms. The van der Waals surface area contributed by atoms with Crippen LogP contribution in [0.4, 0.5) is 0 Å². The number of methoxy groups -OCH3 is 1. The molecule has 2 aromatic carbocycles. The summed E-state index contributed by atoms with van der Waals surface area (Å²) in [5.41, 5.74) is 2.27. The van der Waals surface area contributed by atoms with E-state index in [0.29, 0.717) is 19.9 Å². The SMILES string of the molecule is CCCOc1ccc(CNC(=NC)NCCc2ccc3c(c2)OCO3)cc1OC.I. The first-order valence-electron chi connectivity index (χ1n) is 9.86. The zero-order valence-corrected chi connectivity index (χ0v) is 20.0. The number of nitrogens with zero attached hydrogens (tertiary/aromatic N) is 1. The minimum Gasteiger partial charge on any atom is -0.493 e. The number of hydrogen-bond donors (Lipinski definition) is 2. The third-order valence-corrected chi connectivity index (χ3v) is 4.52. The van der Waals surface area contributed by atoms with E-state index in [9.17, 15) is 0 Å². The van der Waals surface area contributed by atoms with Gasteiger partial charge in [-0.15, -0.1) is 24.0 Å². The average molecular weight is 527 g/mol. The molecule has 2 aromatic rings. The molecular weight excluding hydrogens is 497 g/mol. The van der Waals surface area contributed by atoms with Crippen molar-refractivity contribution in [2.75, 3.05) is 34.1 Å². The molecule has 1 heterocycles. The molecule has 0 saturated carbocycles. The minimum absolute atomic E-state index is 0. The van der Waals surface area contributed by atoms with Crippen molar-refractivity contribution in [1.29, 1.82) is 0 Å². The molecule has 0 bridgehead atoms. The van der Waals surface area contributed by atoms with Crippen molar-refractivity contribution in [3.05, 3.63) is 47.5 Å². The van der Waals surface area contributed by atoms with E-state index in [0.717, 1.165) is 53.9 Å². The Morgan fingerprint density at radius 2 is 1.83 bits per heavy atom. The summed E-state index contributed by atoms with van der Waals surface area (Å²) in [6.45, 7) is 4.44. The van der Waals surface area contributed by atoms with E-state index in [1.54, 1.807) is 14.2 Å². The first-order chi connectivity index (χ1) is 14.2. The van der Waals surface area contributed by atoms with E-state index in [1.165, 1.54) is 5.56 Å². The van der Waals surface area contributed by atoms with Gasteiger partial charge in [-0.05, 0) is 48.2 Å². The fourth-order valence-electron chi connectivity index (χ4n) is 2.98. The highest BCUT2D eigenvalue weighted by molar-refractivity contribution is 14.0. The number of guanidine groups is 1. The number of ether oxygens (including phenoxy) is 4. The van der Waals surface area contributed by atoms with Gasteiger partial charge in [-0.25, -0.2) is 0 Å². The predicted octanol–water partition coefficient (Wildman–Crippen LogP) is 3.74. The van der Waals surface area contributed by atoms with Crippen molar-refractivity contribution >= 4 is 29.9 Å². The molecule has 0 aromatic heterocycles. The van der Waals surface area contributed by atoms with Gasteiger partial charge in [0.2, 0.25) is 6.79 Å². The smallest absolute Gasteiger partial charge is 0.231 e. The Kier molecular flexibility index (Phi) is 9.85. The highest BCUT2D eigenvalue weighted by Gasteiger charge is 2.13. The van der Waals surface area contributed by atoms with Gasteiger partial charge in [-0.1, -0.05) is 19.1 Å². The summed E-state index contributed by atoms with van der Waals surface area (Å²) in [5.74, 6) is 3.87. The van der Waals surface area contributed by atoms with Crippen molar-refractivity contribution in [2.45, 2.75) is 26.3 Å². The molecule has 0 radical (unpaired) electrons. The van der Waals surface area contributed by atoms with Crippen LogP contribution >= 0.6 is 24.0 Å². The monoisotopic (exact) mass is 527 g/mol. The van der Waals surface area contributed by atoms with E-state index in [2.05, 4.69) is 28.6 Å². The highest BCUT2D eigenvalue weighted by atomic mass is 127. The number of rotatable bonds is 9. The van der Waals surface area contributed by atoms with E-state index in [-0.39, 0.29) is 24.0 Å². The van der Waals surface area contributed by atoms with Crippen molar-refractivity contribution in [1.82, 2.24) is 10.6 Å². The normalized spacial score (nSPS) is 12.2. The van der Waals surface area contributed by atoms with Crippen LogP contribution in [0.5, 0.6) is 23.0 Å². The van der Waals surface area contributed by atoms with Gasteiger partial charge in [-0.3, -0.25) is 4.99 Å². The van der Waals surface area contributed by atoms with Gasteiger partial charge in [0.05, 0.1) is 13.7 Å². The maximum Gasteiger partial charge on any atom is 0.231 e. The lowest BCUT2D eigenvalue weighted by Crippen LogP contribution is -2.37. The summed E-state index contributed by atoms with van der Waals surface area (Å²) in [6.07, 6.45) is 1.81. The standard InChI is InChI=1S/C22H29N3O4.HI/c1-4-11-27-18-8-6-17(13-20(18)26-3)14-25-22(23-2)24-10-9-16-5-7-19-21(12-16)29-15-28-19;/h5-8,12-13H,4,9-11,14-15H2,1-3H3,(H2,23,24,25);1H. The van der Waals surface area contributed by atoms with Crippen LogP contribution in [0.2, 0.25) is 0 Å². The molecule has 0 amide bonds. The van der Waals surface area contributed by atoms with Crippen LogP contribution in [0.25, 0.3) is 0 Å². The van der Waals surface area contributed by atoms with Crippen molar-refractivity contribution in [3.8, 4) is 23.0 Å². The number of benzene rings is 2. The van der Waals surface area contributed by atoms with Crippen molar-refractivity contribution in [2.24, 2.45) is 4.99 Å². The quantitative estimate of drug-likeness (QED) is 0.294. The van der Waals surface area contributed by atoms with Crippen LogP contribution in [-0.2, 0) is 13.0 Å². The molecule has 0 aliphatic carbocycles. The zero-order chi connectivity index (χ0) is 20.5. The molecule has 164 valence electrons. The fourth-order valence-corrected chi connectivity index (χ4v) is 2.98. The Balaban J connectivity index is 0.00000320. The molecule has 3 rings (SSSR count). The zero-order valence-electron chi connectivity index (χ0n) is 17.7. The lowest BCUT2D eigenvalue weighted by Gasteiger charge is -2.14. The van der Waals surface area contributed by atoms with Gasteiger partial charge >= 0.3 is 0 Å². The summed E-state index contributed by atoms with van der Waals surface area (Å²) in [5, 5.41) is 6.66. The molecular formula is C22H30IN3O4. The van der Waals surface area contributed by atoms with Crippen LogP contribution in [0.1, 0.15) is 24.5 Å². The van der Waals surface area contributed by atoms with Crippen molar-refractivity contribution < 1.29 is 18.9 Å². The third-order valence-electron chi connectivity index (χ3n) is 4.52. The number of fused-ring (bicyclic) bond motifs is 1. The number of nitrogens with one attached hydrogen (secondary N) is 2. The molecule has 1 aliphatic rings. The summed E-state index contributed by atoms with van der Waals surface area (Å²) >= 11 is 0. The molecule has 30 heavy (non-hydrogen) atoms. The van der Waals surface area contributed by atoms with Gasteiger partial charge in [0.15, 0.2) is 29.0 Å². The van der Waals surface area contributed by atoms with Gasteiger partial charge in [-0.2, -0.15) is 0 Å². The maximum atomic E-state index is 5.70. The Morgan fingerprint density at radius 1 is 1.03 bits per heavy atom. The Hall–Kier alpha value is -2.36. The maximum absolute atomic E-state index is 5.70. The van der Waals surface area contributed by atoms with E-state index in [4.69, 9.17) is 18.9 Å². The molecule has 0 fully saturated rings. The van der Waals surface area contributed by atoms with Crippen molar-refractivity contribution in [3.63, 3.8) is 0 Å². The first-order valence-corrected chi connectivity index (χ1v) is 9.86. The van der Waals surface area contributed by atoms with Gasteiger partial charge < -0.3 is 29.6 Å². The summed E-state index contributed by atoms with van der Waals surface area (Å²) < 4.78 is 21.9. The lowest BCUT2D eigenvalue weighted by molar-refractivity contribution is 0.174. The van der Waals surface area contributed by atoms with Gasteiger partial charge in [0.25, 0.3) is 0 Å². The molecule has 2 N–H and O–H groups in total. The second-order valence-corrected chi connectivity index (χ2v) is 6.62. The highest BCUT2D eigenvalue weighted by Crippen LogP contribution is 2.32. The molecule has 0 saturated heterocycles. The first kappa shape index (κ1) is 23.9. The van der Waals surface area contributed by atoms with E-state index in [1.807, 2.05) is 30.3 Å². The molecule has 0 unspecified atom stereocenters. The molecule has 0 atom stereocenters. The molecule has 7 nitrogen and oxygen atoms in total. The van der Waals surface area contributed by atoms with Crippen LogP contribution in [-0.4, -0.2) is 40.1 Å². The molecule has 1 aliphatic heterocycles. The summed E-state index contributed by atoms with van der Waals surface area (Å²) in [7, 11) is 3.42. The van der Waals surface area contributed by atoms with Crippen LogP contribution in [0.15, 0.2) is 41.4 Å². The Bertz CT molecular complexity index is 845. The van der Waals surface area contributed by atoms with Gasteiger partial charge in [0, 0.05) is 20.1 Å². The Morgan fingerprint density at radius 3 is 2.60 bits per heavy atom. The van der Waals surface area contributed by atoms with E-state index < -0.39 is 0 Å².